The van der Waals surface area contributed by atoms with E-state index < -0.39 is 24.7 Å². The molecule has 21 heavy (non-hydrogen) atoms. The van der Waals surface area contributed by atoms with Crippen LogP contribution in [0.1, 0.15) is 24.0 Å². The van der Waals surface area contributed by atoms with Crippen LogP contribution in [0, 0.1) is 0 Å². The van der Waals surface area contributed by atoms with Crippen LogP contribution in [0.15, 0.2) is 29.0 Å². The number of amides is 1. The van der Waals surface area contributed by atoms with E-state index in [2.05, 4.69) is 20.4 Å². The second-order valence-electron chi connectivity index (χ2n) is 4.57. The Hall–Kier alpha value is -2.32. The predicted octanol–water partition coefficient (Wildman–Crippen LogP) is -0.00520. The Labute approximate surface area is 120 Å². The maximum Gasteiger partial charge on any atom is 0.316 e. The highest BCUT2D eigenvalue weighted by Gasteiger charge is 2.31. The van der Waals surface area contributed by atoms with Gasteiger partial charge in [0, 0.05) is 18.0 Å². The van der Waals surface area contributed by atoms with E-state index in [-0.39, 0.29) is 11.7 Å². The number of nitrogens with one attached hydrogen (secondary N) is 1. The standard InChI is InChI=1S/C13H16N4O4/c1-2-13(7-18,8-19)16-11(20)12-15-10(17-21-12)9-4-3-5-14-6-9/h3-6,18-19H,2,7-8H2,1H3,(H,16,20). The van der Waals surface area contributed by atoms with Gasteiger partial charge in [0.25, 0.3) is 0 Å². The molecule has 0 saturated heterocycles. The number of hydrogen-bond acceptors (Lipinski definition) is 7. The van der Waals surface area contributed by atoms with E-state index in [1.807, 2.05) is 0 Å². The lowest BCUT2D eigenvalue weighted by Crippen LogP contribution is -2.53. The van der Waals surface area contributed by atoms with Crippen molar-refractivity contribution in [2.75, 3.05) is 13.2 Å². The van der Waals surface area contributed by atoms with Crippen LogP contribution in [0.3, 0.4) is 0 Å². The number of pyridine rings is 1. The van der Waals surface area contributed by atoms with E-state index in [1.165, 1.54) is 0 Å². The Morgan fingerprint density at radius 3 is 2.76 bits per heavy atom. The number of carbonyl (C=O) groups is 1. The number of nitrogens with zero attached hydrogens (tertiary/aromatic N) is 3. The molecule has 0 saturated carbocycles. The minimum Gasteiger partial charge on any atom is -0.394 e. The van der Waals surface area contributed by atoms with Gasteiger partial charge in [0.2, 0.25) is 5.82 Å². The van der Waals surface area contributed by atoms with E-state index in [4.69, 9.17) is 4.52 Å². The molecule has 0 aliphatic heterocycles. The molecule has 2 heterocycles. The molecule has 112 valence electrons. The Morgan fingerprint density at radius 1 is 1.43 bits per heavy atom. The zero-order valence-electron chi connectivity index (χ0n) is 11.5. The summed E-state index contributed by atoms with van der Waals surface area (Å²) < 4.78 is 4.90. The average Bonchev–Trinajstić information content (AvgIpc) is 3.04. The number of aliphatic hydroxyl groups is 2. The molecule has 0 atom stereocenters. The molecule has 0 bridgehead atoms. The number of hydrogen-bond donors (Lipinski definition) is 3. The van der Waals surface area contributed by atoms with Gasteiger partial charge in [-0.15, -0.1) is 0 Å². The van der Waals surface area contributed by atoms with E-state index in [0.717, 1.165) is 0 Å². The smallest absolute Gasteiger partial charge is 0.316 e. The third-order valence-corrected chi connectivity index (χ3v) is 3.20. The van der Waals surface area contributed by atoms with Gasteiger partial charge in [-0.2, -0.15) is 4.98 Å². The van der Waals surface area contributed by atoms with Gasteiger partial charge in [-0.25, -0.2) is 0 Å². The van der Waals surface area contributed by atoms with Gasteiger partial charge in [0.15, 0.2) is 0 Å². The second-order valence-corrected chi connectivity index (χ2v) is 4.57. The molecule has 0 radical (unpaired) electrons. The predicted molar refractivity (Wildman–Crippen MR) is 72.2 cm³/mol. The first-order valence-electron chi connectivity index (χ1n) is 6.42. The molecule has 0 fully saturated rings. The Bertz CT molecular complexity index is 587. The van der Waals surface area contributed by atoms with Crippen LogP contribution >= 0.6 is 0 Å². The second kappa shape index (κ2) is 6.42. The fraction of sp³-hybridized carbons (Fsp3) is 0.385. The molecular weight excluding hydrogens is 276 g/mol. The Kier molecular flexibility index (Phi) is 4.61. The van der Waals surface area contributed by atoms with Gasteiger partial charge in [-0.1, -0.05) is 12.1 Å². The summed E-state index contributed by atoms with van der Waals surface area (Å²) in [5.41, 5.74) is -0.494. The molecule has 0 spiro atoms. The number of aliphatic hydroxyl groups excluding tert-OH is 2. The molecular formula is C13H16N4O4. The van der Waals surface area contributed by atoms with Crippen molar-refractivity contribution in [2.45, 2.75) is 18.9 Å². The molecule has 0 unspecified atom stereocenters. The van der Waals surface area contributed by atoms with E-state index in [0.29, 0.717) is 12.0 Å². The summed E-state index contributed by atoms with van der Waals surface area (Å²) in [5, 5.41) is 24.8. The van der Waals surface area contributed by atoms with Crippen LogP contribution in [0.4, 0.5) is 0 Å². The number of rotatable bonds is 6. The average molecular weight is 292 g/mol. The highest BCUT2D eigenvalue weighted by Crippen LogP contribution is 2.15. The molecule has 2 aromatic rings. The first-order chi connectivity index (χ1) is 10.1. The lowest BCUT2D eigenvalue weighted by atomic mass is 9.98. The monoisotopic (exact) mass is 292 g/mol. The molecule has 1 amide bonds. The zero-order valence-corrected chi connectivity index (χ0v) is 11.5. The summed E-state index contributed by atoms with van der Waals surface area (Å²) in [6.45, 7) is 0.951. The van der Waals surface area contributed by atoms with Crippen molar-refractivity contribution in [1.29, 1.82) is 0 Å². The van der Waals surface area contributed by atoms with Crippen molar-refractivity contribution < 1.29 is 19.5 Å². The lowest BCUT2D eigenvalue weighted by molar-refractivity contribution is 0.0620. The summed E-state index contributed by atoms with van der Waals surface area (Å²) >= 11 is 0. The Morgan fingerprint density at radius 2 is 2.19 bits per heavy atom. The van der Waals surface area contributed by atoms with Gasteiger partial charge in [0.1, 0.15) is 0 Å². The minimum absolute atomic E-state index is 0.239. The van der Waals surface area contributed by atoms with Crippen LogP contribution in [-0.4, -0.2) is 50.0 Å². The van der Waals surface area contributed by atoms with E-state index >= 15 is 0 Å². The van der Waals surface area contributed by atoms with Crippen LogP contribution in [0.2, 0.25) is 0 Å². The van der Waals surface area contributed by atoms with Gasteiger partial charge >= 0.3 is 11.8 Å². The number of carbonyl (C=O) groups excluding carboxylic acids is 1. The number of aromatic nitrogens is 3. The molecule has 2 aromatic heterocycles. The van der Waals surface area contributed by atoms with Gasteiger partial charge in [0.05, 0.1) is 18.8 Å². The van der Waals surface area contributed by atoms with Gasteiger partial charge in [-0.3, -0.25) is 9.78 Å². The third-order valence-electron chi connectivity index (χ3n) is 3.20. The van der Waals surface area contributed by atoms with Crippen LogP contribution in [0.25, 0.3) is 11.4 Å². The first kappa shape index (κ1) is 15.1. The molecule has 8 nitrogen and oxygen atoms in total. The quantitative estimate of drug-likeness (QED) is 0.684. The van der Waals surface area contributed by atoms with E-state index in [1.54, 1.807) is 31.5 Å². The highest BCUT2D eigenvalue weighted by molar-refractivity contribution is 5.90. The van der Waals surface area contributed by atoms with Crippen LogP contribution in [0.5, 0.6) is 0 Å². The topological polar surface area (TPSA) is 121 Å². The molecule has 0 aromatic carbocycles. The van der Waals surface area contributed by atoms with Gasteiger partial charge in [-0.05, 0) is 18.6 Å². The van der Waals surface area contributed by atoms with Crippen molar-refractivity contribution in [3.63, 3.8) is 0 Å². The molecule has 0 aliphatic rings. The molecule has 0 aliphatic carbocycles. The first-order valence-corrected chi connectivity index (χ1v) is 6.42. The third kappa shape index (κ3) is 3.23. The van der Waals surface area contributed by atoms with Crippen molar-refractivity contribution in [3.05, 3.63) is 30.4 Å². The normalized spacial score (nSPS) is 11.4. The summed E-state index contributed by atoms with van der Waals surface area (Å²) in [7, 11) is 0. The summed E-state index contributed by atoms with van der Waals surface area (Å²) in [4.78, 5) is 19.9. The molecule has 8 heteroatoms. The fourth-order valence-corrected chi connectivity index (χ4v) is 1.66. The largest absolute Gasteiger partial charge is 0.394 e. The fourth-order valence-electron chi connectivity index (χ4n) is 1.66. The summed E-state index contributed by atoms with van der Waals surface area (Å²) in [5.74, 6) is -0.653. The van der Waals surface area contributed by atoms with Crippen molar-refractivity contribution in [3.8, 4) is 11.4 Å². The Balaban J connectivity index is 2.16. The molecule has 2 rings (SSSR count). The SMILES string of the molecule is CCC(CO)(CO)NC(=O)c1nc(-c2cccnc2)no1. The van der Waals surface area contributed by atoms with Crippen molar-refractivity contribution in [2.24, 2.45) is 0 Å². The lowest BCUT2D eigenvalue weighted by Gasteiger charge is -2.28. The zero-order chi connectivity index (χ0) is 15.3. The van der Waals surface area contributed by atoms with Crippen molar-refractivity contribution in [1.82, 2.24) is 20.4 Å². The van der Waals surface area contributed by atoms with Crippen LogP contribution < -0.4 is 5.32 Å². The van der Waals surface area contributed by atoms with Crippen LogP contribution in [-0.2, 0) is 0 Å². The van der Waals surface area contributed by atoms with Crippen molar-refractivity contribution >= 4 is 5.91 Å². The maximum absolute atomic E-state index is 12.0. The summed E-state index contributed by atoms with van der Waals surface area (Å²) in [6, 6.07) is 3.45. The minimum atomic E-state index is -1.11. The summed E-state index contributed by atoms with van der Waals surface area (Å²) in [6.07, 6.45) is 3.51. The van der Waals surface area contributed by atoms with Gasteiger partial charge < -0.3 is 20.1 Å². The maximum atomic E-state index is 12.0. The van der Waals surface area contributed by atoms with E-state index in [9.17, 15) is 15.0 Å². The molecule has 3 N–H and O–H groups in total. The highest BCUT2D eigenvalue weighted by atomic mass is 16.5.